The Balaban J connectivity index is 0.00000196. The first kappa shape index (κ1) is 18.7. The van der Waals surface area contributed by atoms with Crippen molar-refractivity contribution in [1.29, 1.82) is 0 Å². The molecule has 4 rings (SSSR count). The smallest absolute Gasteiger partial charge is 0.229 e. The van der Waals surface area contributed by atoms with Gasteiger partial charge in [-0.25, -0.2) is 0 Å². The van der Waals surface area contributed by atoms with Gasteiger partial charge in [0.15, 0.2) is 5.82 Å². The molecule has 3 N–H and O–H groups in total. The van der Waals surface area contributed by atoms with Crippen LogP contribution in [-0.2, 0) is 4.79 Å². The zero-order valence-corrected chi connectivity index (χ0v) is 15.7. The number of hydrogen-bond acceptors (Lipinski definition) is 3. The number of carbonyl (C=O) groups is 1. The number of halogens is 2. The predicted octanol–water partition coefficient (Wildman–Crippen LogP) is 4.24. The van der Waals surface area contributed by atoms with Crippen molar-refractivity contribution in [3.8, 4) is 11.1 Å². The molecule has 2 aromatic carbocycles. The van der Waals surface area contributed by atoms with Crippen LogP contribution in [0.5, 0.6) is 0 Å². The number of rotatable bonds is 3. The van der Waals surface area contributed by atoms with Crippen LogP contribution >= 0.6 is 24.0 Å². The van der Waals surface area contributed by atoms with Gasteiger partial charge >= 0.3 is 0 Å². The number of hydrogen-bond donors (Lipinski definition) is 3. The SMILES string of the molecule is Cl.O=C(Nc1n[nH]c2ccc(-c3ccccc3Cl)cc12)[C@@H]1CCCNC1. The Morgan fingerprint density at radius 1 is 1.23 bits per heavy atom. The van der Waals surface area contributed by atoms with Crippen LogP contribution in [0.2, 0.25) is 5.02 Å². The summed E-state index contributed by atoms with van der Waals surface area (Å²) in [5.41, 5.74) is 2.84. The minimum absolute atomic E-state index is 0. The lowest BCUT2D eigenvalue weighted by atomic mass is 9.99. The van der Waals surface area contributed by atoms with Crippen molar-refractivity contribution in [3.63, 3.8) is 0 Å². The lowest BCUT2D eigenvalue weighted by molar-refractivity contribution is -0.120. The van der Waals surface area contributed by atoms with Crippen molar-refractivity contribution in [1.82, 2.24) is 15.5 Å². The van der Waals surface area contributed by atoms with Gasteiger partial charge in [0.2, 0.25) is 5.91 Å². The van der Waals surface area contributed by atoms with Crippen LogP contribution in [0.25, 0.3) is 22.0 Å². The largest absolute Gasteiger partial charge is 0.316 e. The standard InChI is InChI=1S/C19H19ClN4O.ClH/c20-16-6-2-1-5-14(16)12-7-8-17-15(10-12)18(24-23-17)22-19(25)13-4-3-9-21-11-13;/h1-2,5-8,10,13,21H,3-4,9,11H2,(H2,22,23,24,25);1H/t13-;/m1./s1. The van der Waals surface area contributed by atoms with E-state index in [1.165, 1.54) is 0 Å². The highest BCUT2D eigenvalue weighted by molar-refractivity contribution is 6.33. The molecule has 0 bridgehead atoms. The van der Waals surface area contributed by atoms with Crippen molar-refractivity contribution >= 4 is 46.6 Å². The van der Waals surface area contributed by atoms with Gasteiger partial charge in [-0.3, -0.25) is 9.89 Å². The first-order valence-corrected chi connectivity index (χ1v) is 8.85. The number of nitrogens with zero attached hydrogens (tertiary/aromatic N) is 1. The zero-order chi connectivity index (χ0) is 17.2. The van der Waals surface area contributed by atoms with E-state index in [4.69, 9.17) is 11.6 Å². The number of nitrogens with one attached hydrogen (secondary N) is 3. The molecule has 2 heterocycles. The number of amides is 1. The molecule has 0 unspecified atom stereocenters. The fourth-order valence-corrected chi connectivity index (χ4v) is 3.51. The Labute approximate surface area is 162 Å². The summed E-state index contributed by atoms with van der Waals surface area (Å²) in [6, 6.07) is 13.7. The van der Waals surface area contributed by atoms with E-state index in [-0.39, 0.29) is 24.2 Å². The third-order valence-electron chi connectivity index (χ3n) is 4.66. The van der Waals surface area contributed by atoms with Crippen LogP contribution < -0.4 is 10.6 Å². The molecule has 26 heavy (non-hydrogen) atoms. The van der Waals surface area contributed by atoms with E-state index in [9.17, 15) is 4.79 Å². The van der Waals surface area contributed by atoms with Gasteiger partial charge in [-0.1, -0.05) is 35.9 Å². The van der Waals surface area contributed by atoms with Crippen molar-refractivity contribution < 1.29 is 4.79 Å². The van der Waals surface area contributed by atoms with Crippen molar-refractivity contribution in [2.45, 2.75) is 12.8 Å². The van der Waals surface area contributed by atoms with Crippen LogP contribution in [0.15, 0.2) is 42.5 Å². The number of aromatic amines is 1. The number of H-pyrrole nitrogens is 1. The molecule has 1 aliphatic heterocycles. The second-order valence-electron chi connectivity index (χ2n) is 6.34. The molecule has 1 fully saturated rings. The number of aromatic nitrogens is 2. The quantitative estimate of drug-likeness (QED) is 0.626. The number of anilines is 1. The molecule has 1 aromatic heterocycles. The molecular weight excluding hydrogens is 371 g/mol. The van der Waals surface area contributed by atoms with Crippen molar-refractivity contribution in [2.75, 3.05) is 18.4 Å². The van der Waals surface area contributed by atoms with Gasteiger partial charge in [-0.15, -0.1) is 12.4 Å². The van der Waals surface area contributed by atoms with E-state index in [0.717, 1.165) is 48.0 Å². The Morgan fingerprint density at radius 2 is 2.08 bits per heavy atom. The highest BCUT2D eigenvalue weighted by Gasteiger charge is 2.22. The number of fused-ring (bicyclic) bond motifs is 1. The maximum absolute atomic E-state index is 12.5. The topological polar surface area (TPSA) is 69.8 Å². The summed E-state index contributed by atoms with van der Waals surface area (Å²) < 4.78 is 0. The number of carbonyl (C=O) groups excluding carboxylic acids is 1. The molecular formula is C19H20Cl2N4O. The summed E-state index contributed by atoms with van der Waals surface area (Å²) in [4.78, 5) is 12.5. The predicted molar refractivity (Wildman–Crippen MR) is 108 cm³/mol. The monoisotopic (exact) mass is 390 g/mol. The lowest BCUT2D eigenvalue weighted by Crippen LogP contribution is -2.37. The van der Waals surface area contributed by atoms with Crippen LogP contribution in [0.3, 0.4) is 0 Å². The van der Waals surface area contributed by atoms with Crippen LogP contribution in [0.4, 0.5) is 5.82 Å². The normalized spacial score (nSPS) is 16.9. The first-order chi connectivity index (χ1) is 12.2. The summed E-state index contributed by atoms with van der Waals surface area (Å²) in [5.74, 6) is 0.579. The molecule has 0 radical (unpaired) electrons. The van der Waals surface area contributed by atoms with Gasteiger partial charge in [-0.05, 0) is 43.1 Å². The maximum Gasteiger partial charge on any atom is 0.229 e. The van der Waals surface area contributed by atoms with Crippen LogP contribution in [0.1, 0.15) is 12.8 Å². The van der Waals surface area contributed by atoms with Crippen molar-refractivity contribution in [3.05, 3.63) is 47.5 Å². The van der Waals surface area contributed by atoms with Gasteiger partial charge in [0.25, 0.3) is 0 Å². The molecule has 1 atom stereocenters. The molecule has 1 amide bonds. The Bertz CT molecular complexity index is 919. The highest BCUT2D eigenvalue weighted by Crippen LogP contribution is 2.31. The average Bonchev–Trinajstić information content (AvgIpc) is 3.05. The molecule has 0 spiro atoms. The molecule has 0 saturated carbocycles. The minimum atomic E-state index is -0.00718. The maximum atomic E-state index is 12.5. The average molecular weight is 391 g/mol. The summed E-state index contributed by atoms with van der Waals surface area (Å²) >= 11 is 6.31. The summed E-state index contributed by atoms with van der Waals surface area (Å²) in [7, 11) is 0. The molecule has 0 aliphatic carbocycles. The number of piperidine rings is 1. The summed E-state index contributed by atoms with van der Waals surface area (Å²) in [6.07, 6.45) is 1.93. The second-order valence-corrected chi connectivity index (χ2v) is 6.75. The van der Waals surface area contributed by atoms with Gasteiger partial charge in [-0.2, -0.15) is 5.10 Å². The van der Waals surface area contributed by atoms with Gasteiger partial charge in [0.05, 0.1) is 11.4 Å². The van der Waals surface area contributed by atoms with E-state index in [1.54, 1.807) is 0 Å². The third kappa shape index (κ3) is 3.70. The second kappa shape index (κ2) is 8.08. The van der Waals surface area contributed by atoms with E-state index in [2.05, 4.69) is 20.8 Å². The van der Waals surface area contributed by atoms with E-state index in [0.29, 0.717) is 10.8 Å². The van der Waals surface area contributed by atoms with E-state index >= 15 is 0 Å². The number of benzene rings is 2. The first-order valence-electron chi connectivity index (χ1n) is 8.47. The molecule has 3 aromatic rings. The van der Waals surface area contributed by atoms with Crippen LogP contribution in [0, 0.1) is 5.92 Å². The summed E-state index contributed by atoms with van der Waals surface area (Å²) in [6.45, 7) is 1.70. The van der Waals surface area contributed by atoms with Gasteiger partial charge < -0.3 is 10.6 Å². The van der Waals surface area contributed by atoms with E-state index in [1.807, 2.05) is 42.5 Å². The minimum Gasteiger partial charge on any atom is -0.316 e. The molecule has 1 saturated heterocycles. The molecule has 136 valence electrons. The van der Waals surface area contributed by atoms with Crippen LogP contribution in [-0.4, -0.2) is 29.2 Å². The third-order valence-corrected chi connectivity index (χ3v) is 4.99. The fourth-order valence-electron chi connectivity index (χ4n) is 3.27. The van der Waals surface area contributed by atoms with Gasteiger partial charge in [0, 0.05) is 22.5 Å². The Hall–Kier alpha value is -2.08. The Kier molecular flexibility index (Phi) is 5.81. The highest BCUT2D eigenvalue weighted by atomic mass is 35.5. The molecule has 5 nitrogen and oxygen atoms in total. The van der Waals surface area contributed by atoms with Gasteiger partial charge in [0.1, 0.15) is 0 Å². The molecule has 7 heteroatoms. The van der Waals surface area contributed by atoms with Crippen molar-refractivity contribution in [2.24, 2.45) is 5.92 Å². The Morgan fingerprint density at radius 3 is 2.85 bits per heavy atom. The fraction of sp³-hybridized carbons (Fsp3) is 0.263. The lowest BCUT2D eigenvalue weighted by Gasteiger charge is -2.21. The summed E-state index contributed by atoms with van der Waals surface area (Å²) in [5, 5.41) is 15.1. The van der Waals surface area contributed by atoms with E-state index < -0.39 is 0 Å². The zero-order valence-electron chi connectivity index (χ0n) is 14.1. The molecule has 1 aliphatic rings.